The van der Waals surface area contributed by atoms with Crippen LogP contribution >= 0.6 is 11.8 Å². The fourth-order valence-corrected chi connectivity index (χ4v) is 5.19. The molecule has 0 saturated heterocycles. The van der Waals surface area contributed by atoms with Crippen LogP contribution in [-0.4, -0.2) is 36.5 Å². The van der Waals surface area contributed by atoms with Crippen LogP contribution in [0.15, 0.2) is 64.2 Å². The van der Waals surface area contributed by atoms with Gasteiger partial charge in [0.2, 0.25) is 5.17 Å². The number of aromatic nitrogens is 1. The average Bonchev–Trinajstić information content (AvgIpc) is 3.37. The molecule has 5 rings (SSSR count). The Hall–Kier alpha value is -4.31. The molecular formula is C26H22N6O3S. The molecule has 36 heavy (non-hydrogen) atoms. The molecule has 3 aromatic rings. The minimum absolute atomic E-state index is 0.00270. The molecule has 9 nitrogen and oxygen atoms in total. The van der Waals surface area contributed by atoms with E-state index in [-0.39, 0.29) is 17.1 Å². The zero-order chi connectivity index (χ0) is 25.7. The van der Waals surface area contributed by atoms with E-state index in [0.29, 0.717) is 15.9 Å². The first-order valence-corrected chi connectivity index (χ1v) is 12.0. The fraction of sp³-hybridized carbons (Fsp3) is 0.154. The van der Waals surface area contributed by atoms with Crippen molar-refractivity contribution >= 4 is 45.5 Å². The third-order valence-corrected chi connectivity index (χ3v) is 7.09. The second-order valence-corrected chi connectivity index (χ2v) is 9.64. The van der Waals surface area contributed by atoms with E-state index in [9.17, 15) is 14.9 Å². The van der Waals surface area contributed by atoms with Crippen molar-refractivity contribution in [3.8, 4) is 5.69 Å². The molecule has 2 aromatic carbocycles. The topological polar surface area (TPSA) is 117 Å². The predicted octanol–water partition coefficient (Wildman–Crippen LogP) is 5.29. The molecule has 1 N–H and O–H groups in total. The molecule has 0 unspecified atom stereocenters. The summed E-state index contributed by atoms with van der Waals surface area (Å²) in [5.41, 5.74) is 6.05. The van der Waals surface area contributed by atoms with Crippen molar-refractivity contribution in [3.05, 3.63) is 97.9 Å². The van der Waals surface area contributed by atoms with Gasteiger partial charge in [-0.05, 0) is 68.8 Å². The number of nitrogens with zero attached hydrogens (tertiary/aromatic N) is 5. The Morgan fingerprint density at radius 1 is 1.08 bits per heavy atom. The van der Waals surface area contributed by atoms with E-state index in [1.54, 1.807) is 18.2 Å². The smallest absolute Gasteiger partial charge is 0.283 e. The van der Waals surface area contributed by atoms with Crippen LogP contribution in [0.4, 0.5) is 5.69 Å². The zero-order valence-electron chi connectivity index (χ0n) is 20.1. The predicted molar refractivity (Wildman–Crippen MR) is 142 cm³/mol. The highest BCUT2D eigenvalue weighted by atomic mass is 32.2. The zero-order valence-corrected chi connectivity index (χ0v) is 20.9. The maximum Gasteiger partial charge on any atom is 0.283 e. The van der Waals surface area contributed by atoms with Crippen LogP contribution < -0.4 is 0 Å². The third-order valence-electron chi connectivity index (χ3n) is 6.13. The van der Waals surface area contributed by atoms with Crippen LogP contribution in [0.1, 0.15) is 33.6 Å². The molecule has 0 bridgehead atoms. The lowest BCUT2D eigenvalue weighted by molar-refractivity contribution is -0.384. The number of carbonyl (C=O) groups is 1. The van der Waals surface area contributed by atoms with Crippen molar-refractivity contribution in [2.45, 2.75) is 27.7 Å². The minimum atomic E-state index is -0.504. The fourth-order valence-electron chi connectivity index (χ4n) is 4.30. The number of carbonyl (C=O) groups excluding carboxylic acids is 1. The Morgan fingerprint density at radius 3 is 2.58 bits per heavy atom. The van der Waals surface area contributed by atoms with Gasteiger partial charge in [-0.15, -0.1) is 0 Å². The number of nitrogens with one attached hydrogen (secondary N) is 1. The number of nitro groups is 1. The van der Waals surface area contributed by atoms with E-state index in [1.807, 2.05) is 62.6 Å². The summed E-state index contributed by atoms with van der Waals surface area (Å²) in [5.74, 6) is -0.549. The van der Waals surface area contributed by atoms with Gasteiger partial charge < -0.3 is 4.57 Å². The average molecular weight is 499 g/mol. The maximum atomic E-state index is 12.9. The molecule has 0 aliphatic carbocycles. The number of fused-ring (bicyclic) bond motifs is 1. The molecule has 1 amide bonds. The monoisotopic (exact) mass is 498 g/mol. The van der Waals surface area contributed by atoms with Crippen LogP contribution in [0.3, 0.4) is 0 Å². The largest absolute Gasteiger partial charge is 0.317 e. The summed E-state index contributed by atoms with van der Waals surface area (Å²) in [6, 6.07) is 14.5. The van der Waals surface area contributed by atoms with E-state index < -0.39 is 10.8 Å². The van der Waals surface area contributed by atoms with Gasteiger partial charge >= 0.3 is 0 Å². The van der Waals surface area contributed by atoms with E-state index in [2.05, 4.69) is 10.1 Å². The molecule has 0 spiro atoms. The first kappa shape index (κ1) is 23.4. The van der Waals surface area contributed by atoms with Gasteiger partial charge in [-0.25, -0.2) is 0 Å². The standard InChI is InChI=1S/C26H22N6O3S/c1-14-6-5-7-18(10-14)25-29-31-23(27)21(24(33)28-26(31)36-25)12-19-11-16(3)30(17(19)4)22-13-20(32(34)35)9-8-15(22)2/h5-13,27H,1-4H3. The summed E-state index contributed by atoms with van der Waals surface area (Å²) < 4.78 is 1.92. The van der Waals surface area contributed by atoms with Gasteiger partial charge in [0, 0.05) is 29.1 Å². The molecule has 2 aliphatic rings. The normalized spacial score (nSPS) is 16.3. The number of hydrogen-bond acceptors (Lipinski definition) is 6. The Labute approximate surface area is 211 Å². The van der Waals surface area contributed by atoms with E-state index in [4.69, 9.17) is 5.41 Å². The van der Waals surface area contributed by atoms with Gasteiger partial charge in [0.1, 0.15) is 5.04 Å². The van der Waals surface area contributed by atoms with Crippen molar-refractivity contribution in [1.82, 2.24) is 9.58 Å². The first-order valence-electron chi connectivity index (χ1n) is 11.2. The number of nitro benzene ring substituents is 1. The summed E-state index contributed by atoms with van der Waals surface area (Å²) in [6.07, 6.45) is 1.64. The summed E-state index contributed by atoms with van der Waals surface area (Å²) in [6.45, 7) is 7.66. The van der Waals surface area contributed by atoms with E-state index in [0.717, 1.165) is 33.6 Å². The SMILES string of the molecule is Cc1cccc(C2=NN3C(=N)C(=Cc4cc(C)n(-c5cc([N+](=O)[O-])ccc5C)c4C)C(=O)N=C3S2)c1. The van der Waals surface area contributed by atoms with Crippen molar-refractivity contribution in [1.29, 1.82) is 5.41 Å². The number of non-ortho nitro benzene ring substituents is 1. The van der Waals surface area contributed by atoms with Crippen molar-refractivity contribution in [3.63, 3.8) is 0 Å². The van der Waals surface area contributed by atoms with Crippen LogP contribution in [0.25, 0.3) is 11.8 Å². The van der Waals surface area contributed by atoms with Gasteiger partial charge in [0.15, 0.2) is 5.84 Å². The number of hydrogen-bond donors (Lipinski definition) is 1. The Bertz CT molecular complexity index is 1580. The molecule has 0 atom stereocenters. The lowest BCUT2D eigenvalue weighted by atomic mass is 10.1. The number of amides is 1. The van der Waals surface area contributed by atoms with Gasteiger partial charge in [-0.1, -0.05) is 29.8 Å². The van der Waals surface area contributed by atoms with Crippen LogP contribution in [0.5, 0.6) is 0 Å². The molecule has 180 valence electrons. The molecule has 0 radical (unpaired) electrons. The number of hydrazone groups is 1. The summed E-state index contributed by atoms with van der Waals surface area (Å²) >= 11 is 1.26. The highest BCUT2D eigenvalue weighted by Gasteiger charge is 2.36. The lowest BCUT2D eigenvalue weighted by Crippen LogP contribution is -2.35. The first-order chi connectivity index (χ1) is 17.1. The third kappa shape index (κ3) is 3.95. The number of amidine groups is 2. The highest BCUT2D eigenvalue weighted by Crippen LogP contribution is 2.32. The van der Waals surface area contributed by atoms with Gasteiger partial charge in [0.25, 0.3) is 11.6 Å². The van der Waals surface area contributed by atoms with Gasteiger partial charge in [-0.3, -0.25) is 20.3 Å². The Balaban J connectivity index is 1.53. The lowest BCUT2D eigenvalue weighted by Gasteiger charge is -2.20. The molecule has 0 saturated carbocycles. The van der Waals surface area contributed by atoms with Crippen LogP contribution in [0.2, 0.25) is 0 Å². The Kier molecular flexibility index (Phi) is 5.68. The van der Waals surface area contributed by atoms with Crippen molar-refractivity contribution in [2.24, 2.45) is 10.1 Å². The summed E-state index contributed by atoms with van der Waals surface area (Å²) in [4.78, 5) is 28.0. The second kappa shape index (κ2) is 8.72. The number of aliphatic imine (C=N–C) groups is 1. The maximum absolute atomic E-state index is 12.9. The van der Waals surface area contributed by atoms with Crippen LogP contribution in [-0.2, 0) is 4.79 Å². The number of rotatable bonds is 4. The van der Waals surface area contributed by atoms with Crippen molar-refractivity contribution < 1.29 is 9.72 Å². The number of aryl methyl sites for hydroxylation is 3. The van der Waals surface area contributed by atoms with Gasteiger partial charge in [0.05, 0.1) is 16.2 Å². The van der Waals surface area contributed by atoms with E-state index >= 15 is 0 Å². The quantitative estimate of drug-likeness (QED) is 0.298. The number of benzene rings is 2. The summed E-state index contributed by atoms with van der Waals surface area (Å²) in [7, 11) is 0. The Morgan fingerprint density at radius 2 is 1.86 bits per heavy atom. The molecule has 1 aromatic heterocycles. The number of thioether (sulfide) groups is 1. The van der Waals surface area contributed by atoms with E-state index in [1.165, 1.54) is 22.8 Å². The van der Waals surface area contributed by atoms with Crippen LogP contribution in [0, 0.1) is 43.2 Å². The highest BCUT2D eigenvalue weighted by molar-refractivity contribution is 8.27. The second-order valence-electron chi connectivity index (χ2n) is 8.68. The molecular weight excluding hydrogens is 476 g/mol. The molecule has 0 fully saturated rings. The molecule has 3 heterocycles. The van der Waals surface area contributed by atoms with Gasteiger partial charge in [-0.2, -0.15) is 15.1 Å². The minimum Gasteiger partial charge on any atom is -0.317 e. The molecule has 2 aliphatic heterocycles. The van der Waals surface area contributed by atoms with Crippen molar-refractivity contribution in [2.75, 3.05) is 0 Å². The summed E-state index contributed by atoms with van der Waals surface area (Å²) in [5, 5.41) is 27.0. The molecule has 10 heteroatoms.